The molecule has 1 saturated heterocycles. The molecular formula is C15H15FN2O3S. The third kappa shape index (κ3) is 4.17. The Labute approximate surface area is 131 Å². The summed E-state index contributed by atoms with van der Waals surface area (Å²) < 4.78 is 13.1. The van der Waals surface area contributed by atoms with E-state index in [0.717, 1.165) is 6.08 Å². The van der Waals surface area contributed by atoms with E-state index in [9.17, 15) is 18.8 Å². The summed E-state index contributed by atoms with van der Waals surface area (Å²) in [5, 5.41) is 2.60. The molecule has 116 valence electrons. The summed E-state index contributed by atoms with van der Waals surface area (Å²) in [6.07, 6.45) is 2.34. The SMILES string of the molecule is CC(=O)/C=C/C(=O)N1CSCC1C(=O)Nc1cccc(F)c1. The summed E-state index contributed by atoms with van der Waals surface area (Å²) in [5.74, 6) is -0.611. The molecule has 2 rings (SSSR count). The van der Waals surface area contributed by atoms with Crippen molar-refractivity contribution in [2.24, 2.45) is 0 Å². The highest BCUT2D eigenvalue weighted by atomic mass is 32.2. The lowest BCUT2D eigenvalue weighted by Gasteiger charge is -2.21. The molecule has 0 spiro atoms. The maximum Gasteiger partial charge on any atom is 0.248 e. The van der Waals surface area contributed by atoms with E-state index in [0.29, 0.717) is 17.3 Å². The molecule has 1 atom stereocenters. The minimum Gasteiger partial charge on any atom is -0.324 e. The number of ketones is 1. The van der Waals surface area contributed by atoms with Crippen LogP contribution in [0.1, 0.15) is 6.92 Å². The number of thioether (sulfide) groups is 1. The van der Waals surface area contributed by atoms with Gasteiger partial charge in [-0.25, -0.2) is 4.39 Å². The fraction of sp³-hybridized carbons (Fsp3) is 0.267. The third-order valence-electron chi connectivity index (χ3n) is 3.02. The van der Waals surface area contributed by atoms with E-state index in [2.05, 4.69) is 5.32 Å². The number of nitrogens with zero attached hydrogens (tertiary/aromatic N) is 1. The normalized spacial score (nSPS) is 17.7. The summed E-state index contributed by atoms with van der Waals surface area (Å²) >= 11 is 1.45. The number of allylic oxidation sites excluding steroid dienone is 1. The van der Waals surface area contributed by atoms with Crippen LogP contribution >= 0.6 is 11.8 Å². The molecule has 22 heavy (non-hydrogen) atoms. The monoisotopic (exact) mass is 322 g/mol. The average Bonchev–Trinajstić information content (AvgIpc) is 2.94. The molecule has 0 aliphatic carbocycles. The Kier molecular flexibility index (Phi) is 5.32. The van der Waals surface area contributed by atoms with Gasteiger partial charge in [-0.3, -0.25) is 14.4 Å². The highest BCUT2D eigenvalue weighted by molar-refractivity contribution is 7.99. The second-order valence-corrected chi connectivity index (χ2v) is 5.77. The van der Waals surface area contributed by atoms with E-state index >= 15 is 0 Å². The summed E-state index contributed by atoms with van der Waals surface area (Å²) in [6, 6.07) is 4.92. The molecule has 1 fully saturated rings. The molecule has 1 N–H and O–H groups in total. The van der Waals surface area contributed by atoms with Crippen molar-refractivity contribution in [3.63, 3.8) is 0 Å². The van der Waals surface area contributed by atoms with Crippen molar-refractivity contribution in [3.8, 4) is 0 Å². The summed E-state index contributed by atoms with van der Waals surface area (Å²) in [5.41, 5.74) is 0.341. The van der Waals surface area contributed by atoms with Crippen LogP contribution in [0.2, 0.25) is 0 Å². The zero-order valence-electron chi connectivity index (χ0n) is 11.9. The Bertz CT molecular complexity index is 633. The Morgan fingerprint density at radius 1 is 1.36 bits per heavy atom. The predicted octanol–water partition coefficient (Wildman–Crippen LogP) is 1.81. The number of rotatable bonds is 4. The van der Waals surface area contributed by atoms with Crippen LogP contribution in [-0.2, 0) is 14.4 Å². The highest BCUT2D eigenvalue weighted by Gasteiger charge is 2.33. The van der Waals surface area contributed by atoms with Gasteiger partial charge >= 0.3 is 0 Å². The third-order valence-corrected chi connectivity index (χ3v) is 4.03. The van der Waals surface area contributed by atoms with Gasteiger partial charge in [-0.1, -0.05) is 6.07 Å². The largest absolute Gasteiger partial charge is 0.324 e. The van der Waals surface area contributed by atoms with Crippen LogP contribution in [0.5, 0.6) is 0 Å². The minimum absolute atomic E-state index is 0.235. The van der Waals surface area contributed by atoms with Gasteiger partial charge in [0.25, 0.3) is 0 Å². The van der Waals surface area contributed by atoms with Gasteiger partial charge in [0.2, 0.25) is 11.8 Å². The Morgan fingerprint density at radius 2 is 2.14 bits per heavy atom. The molecule has 0 aromatic heterocycles. The van der Waals surface area contributed by atoms with Crippen LogP contribution in [0.15, 0.2) is 36.4 Å². The van der Waals surface area contributed by atoms with Gasteiger partial charge in [0.05, 0.1) is 5.88 Å². The number of carbonyl (C=O) groups is 3. The highest BCUT2D eigenvalue weighted by Crippen LogP contribution is 2.22. The van der Waals surface area contributed by atoms with E-state index < -0.39 is 11.9 Å². The van der Waals surface area contributed by atoms with Crippen LogP contribution in [0.4, 0.5) is 10.1 Å². The van der Waals surface area contributed by atoms with Crippen molar-refractivity contribution in [3.05, 3.63) is 42.2 Å². The molecule has 1 unspecified atom stereocenters. The van der Waals surface area contributed by atoms with Gasteiger partial charge in [-0.15, -0.1) is 11.8 Å². The lowest BCUT2D eigenvalue weighted by atomic mass is 10.2. The second-order valence-electron chi connectivity index (χ2n) is 4.77. The summed E-state index contributed by atoms with van der Waals surface area (Å²) in [6.45, 7) is 1.34. The number of hydrogen-bond acceptors (Lipinski definition) is 4. The molecule has 7 heteroatoms. The van der Waals surface area contributed by atoms with Gasteiger partial charge < -0.3 is 10.2 Å². The first kappa shape index (κ1) is 16.2. The van der Waals surface area contributed by atoms with E-state index in [4.69, 9.17) is 0 Å². The molecule has 1 aliphatic heterocycles. The van der Waals surface area contributed by atoms with Crippen molar-refractivity contribution in [1.82, 2.24) is 4.90 Å². The maximum absolute atomic E-state index is 13.1. The van der Waals surface area contributed by atoms with Crippen molar-refractivity contribution < 1.29 is 18.8 Å². The molecule has 1 aliphatic rings. The van der Waals surface area contributed by atoms with Gasteiger partial charge in [0.15, 0.2) is 5.78 Å². The Balaban J connectivity index is 2.05. The zero-order chi connectivity index (χ0) is 16.1. The van der Waals surface area contributed by atoms with E-state index in [1.54, 1.807) is 6.07 Å². The second kappa shape index (κ2) is 7.22. The minimum atomic E-state index is -0.641. The van der Waals surface area contributed by atoms with Crippen LogP contribution in [-0.4, -0.2) is 40.2 Å². The van der Waals surface area contributed by atoms with Crippen molar-refractivity contribution in [1.29, 1.82) is 0 Å². The zero-order valence-corrected chi connectivity index (χ0v) is 12.7. The molecule has 2 amide bonds. The van der Waals surface area contributed by atoms with Crippen LogP contribution in [0.25, 0.3) is 0 Å². The fourth-order valence-electron chi connectivity index (χ4n) is 1.95. The lowest BCUT2D eigenvalue weighted by molar-refractivity contribution is -0.132. The number of amides is 2. The fourth-order valence-corrected chi connectivity index (χ4v) is 3.12. The summed E-state index contributed by atoms with van der Waals surface area (Å²) in [7, 11) is 0. The standard InChI is InChI=1S/C15H15FN2O3S/c1-10(19)5-6-14(20)18-9-22-8-13(18)15(21)17-12-4-2-3-11(16)7-12/h2-7,13H,8-9H2,1H3,(H,17,21)/b6-5+. The van der Waals surface area contributed by atoms with E-state index in [-0.39, 0.29) is 17.6 Å². The molecular weight excluding hydrogens is 307 g/mol. The van der Waals surface area contributed by atoms with Gasteiger partial charge in [-0.05, 0) is 31.2 Å². The lowest BCUT2D eigenvalue weighted by Crippen LogP contribution is -2.44. The Hall–Kier alpha value is -2.15. The molecule has 0 bridgehead atoms. The van der Waals surface area contributed by atoms with Gasteiger partial charge in [-0.2, -0.15) is 0 Å². The Morgan fingerprint density at radius 3 is 2.82 bits per heavy atom. The number of anilines is 1. The summed E-state index contributed by atoms with van der Waals surface area (Å²) in [4.78, 5) is 36.5. The average molecular weight is 322 g/mol. The number of hydrogen-bond donors (Lipinski definition) is 1. The number of halogens is 1. The molecule has 0 saturated carbocycles. The van der Waals surface area contributed by atoms with Gasteiger partial charge in [0, 0.05) is 17.5 Å². The van der Waals surface area contributed by atoms with E-state index in [1.807, 2.05) is 0 Å². The smallest absolute Gasteiger partial charge is 0.248 e. The van der Waals surface area contributed by atoms with Crippen LogP contribution in [0.3, 0.4) is 0 Å². The van der Waals surface area contributed by atoms with Gasteiger partial charge in [0.1, 0.15) is 11.9 Å². The van der Waals surface area contributed by atoms with Crippen molar-refractivity contribution in [2.45, 2.75) is 13.0 Å². The molecule has 1 aromatic rings. The van der Waals surface area contributed by atoms with Crippen molar-refractivity contribution in [2.75, 3.05) is 16.9 Å². The van der Waals surface area contributed by atoms with Crippen LogP contribution in [0, 0.1) is 5.82 Å². The first-order valence-electron chi connectivity index (χ1n) is 6.61. The number of nitrogens with one attached hydrogen (secondary N) is 1. The van der Waals surface area contributed by atoms with Crippen molar-refractivity contribution >= 4 is 35.0 Å². The van der Waals surface area contributed by atoms with E-state index in [1.165, 1.54) is 47.9 Å². The first-order chi connectivity index (χ1) is 10.5. The molecule has 1 aromatic carbocycles. The topological polar surface area (TPSA) is 66.5 Å². The first-order valence-corrected chi connectivity index (χ1v) is 7.76. The molecule has 1 heterocycles. The predicted molar refractivity (Wildman–Crippen MR) is 82.8 cm³/mol. The molecule has 5 nitrogen and oxygen atoms in total. The quantitative estimate of drug-likeness (QED) is 0.859. The molecule has 0 radical (unpaired) electrons. The number of carbonyl (C=O) groups excluding carboxylic acids is 3. The van der Waals surface area contributed by atoms with Crippen LogP contribution < -0.4 is 5.32 Å². The maximum atomic E-state index is 13.1. The number of benzene rings is 1.